The summed E-state index contributed by atoms with van der Waals surface area (Å²) in [6.45, 7) is 0.467. The smallest absolute Gasteiger partial charge is 0.449 e. The van der Waals surface area contributed by atoms with E-state index in [1.165, 1.54) is 23.2 Å². The zero-order valence-electron chi connectivity index (χ0n) is 11.4. The van der Waals surface area contributed by atoms with E-state index < -0.39 is 6.16 Å². The highest BCUT2D eigenvalue weighted by molar-refractivity contribution is 5.92. The molecule has 1 aromatic heterocycles. The van der Waals surface area contributed by atoms with Gasteiger partial charge in [0.05, 0.1) is 6.20 Å². The molecule has 0 saturated heterocycles. The minimum Gasteiger partial charge on any atom is -0.449 e. The van der Waals surface area contributed by atoms with Crippen molar-refractivity contribution in [2.45, 2.75) is 6.54 Å². The number of rotatable bonds is 4. The Kier molecular flexibility index (Phi) is 4.50. The Balaban J connectivity index is 2.03. The van der Waals surface area contributed by atoms with E-state index in [0.717, 1.165) is 5.56 Å². The van der Waals surface area contributed by atoms with Crippen molar-refractivity contribution in [1.29, 1.82) is 0 Å². The van der Waals surface area contributed by atoms with Gasteiger partial charge in [0.15, 0.2) is 5.75 Å². The molecule has 0 bridgehead atoms. The van der Waals surface area contributed by atoms with Crippen LogP contribution in [0.15, 0.2) is 48.7 Å². The predicted octanol–water partition coefficient (Wildman–Crippen LogP) is 2.41. The van der Waals surface area contributed by atoms with Gasteiger partial charge in [-0.25, -0.2) is 9.78 Å². The van der Waals surface area contributed by atoms with Crippen molar-refractivity contribution in [3.63, 3.8) is 0 Å². The summed E-state index contributed by atoms with van der Waals surface area (Å²) in [4.78, 5) is 28.0. The summed E-state index contributed by atoms with van der Waals surface area (Å²) in [7, 11) is 1.68. The molecule has 6 heteroatoms. The van der Waals surface area contributed by atoms with Gasteiger partial charge in [-0.05, 0) is 17.7 Å². The van der Waals surface area contributed by atoms with Gasteiger partial charge in [0, 0.05) is 13.6 Å². The molecule has 21 heavy (non-hydrogen) atoms. The number of carbonyl (C=O) groups excluding carboxylic acids is 1. The molecule has 0 aliphatic rings. The molecule has 0 fully saturated rings. The molecule has 0 saturated carbocycles. The molecule has 0 atom stereocenters. The van der Waals surface area contributed by atoms with Crippen molar-refractivity contribution in [2.75, 3.05) is 7.05 Å². The number of aromatic nitrogens is 1. The highest BCUT2D eigenvalue weighted by Crippen LogP contribution is 2.12. The van der Waals surface area contributed by atoms with Gasteiger partial charge in [0.25, 0.3) is 5.91 Å². The Morgan fingerprint density at radius 3 is 2.48 bits per heavy atom. The molecular weight excluding hydrogens is 272 g/mol. The second kappa shape index (κ2) is 6.51. The monoisotopic (exact) mass is 286 g/mol. The summed E-state index contributed by atoms with van der Waals surface area (Å²) in [6.07, 6.45) is -0.213. The molecule has 0 unspecified atom stereocenters. The topological polar surface area (TPSA) is 79.7 Å². The lowest BCUT2D eigenvalue weighted by Crippen LogP contribution is -2.26. The summed E-state index contributed by atoms with van der Waals surface area (Å²) in [5, 5.41) is 8.47. The molecular formula is C15H14N2O4. The van der Waals surface area contributed by atoms with E-state index in [1.54, 1.807) is 7.05 Å². The molecule has 0 aliphatic carbocycles. The fourth-order valence-electron chi connectivity index (χ4n) is 1.79. The van der Waals surface area contributed by atoms with Crippen LogP contribution in [0.5, 0.6) is 5.75 Å². The number of pyridine rings is 1. The normalized spacial score (nSPS) is 9.95. The van der Waals surface area contributed by atoms with Crippen molar-refractivity contribution in [1.82, 2.24) is 9.88 Å². The van der Waals surface area contributed by atoms with Gasteiger partial charge in [-0.1, -0.05) is 30.3 Å². The highest BCUT2D eigenvalue weighted by Gasteiger charge is 2.14. The average molecular weight is 286 g/mol. The van der Waals surface area contributed by atoms with Crippen LogP contribution >= 0.6 is 0 Å². The van der Waals surface area contributed by atoms with Crippen LogP contribution in [0, 0.1) is 0 Å². The summed E-state index contributed by atoms with van der Waals surface area (Å²) in [6, 6.07) is 12.4. The second-order valence-electron chi connectivity index (χ2n) is 4.39. The summed E-state index contributed by atoms with van der Waals surface area (Å²) >= 11 is 0. The van der Waals surface area contributed by atoms with Gasteiger partial charge in [0.2, 0.25) is 0 Å². The molecule has 0 aliphatic heterocycles. The zero-order chi connectivity index (χ0) is 15.2. The lowest BCUT2D eigenvalue weighted by Gasteiger charge is -2.16. The van der Waals surface area contributed by atoms with Crippen LogP contribution in [-0.4, -0.2) is 34.1 Å². The minimum absolute atomic E-state index is 0.0739. The number of hydrogen-bond donors (Lipinski definition) is 1. The predicted molar refractivity (Wildman–Crippen MR) is 75.1 cm³/mol. The molecule has 0 spiro atoms. The van der Waals surface area contributed by atoms with E-state index in [-0.39, 0.29) is 17.4 Å². The Hall–Kier alpha value is -2.89. The first-order valence-corrected chi connectivity index (χ1v) is 6.22. The van der Waals surface area contributed by atoms with Crippen LogP contribution in [0.4, 0.5) is 4.79 Å². The number of ether oxygens (including phenoxy) is 1. The van der Waals surface area contributed by atoms with E-state index in [0.29, 0.717) is 6.54 Å². The van der Waals surface area contributed by atoms with Crippen LogP contribution < -0.4 is 4.74 Å². The Morgan fingerprint density at radius 2 is 1.90 bits per heavy atom. The third kappa shape index (κ3) is 4.04. The fourth-order valence-corrected chi connectivity index (χ4v) is 1.79. The van der Waals surface area contributed by atoms with Crippen LogP contribution in [0.2, 0.25) is 0 Å². The molecule has 1 heterocycles. The Morgan fingerprint density at radius 1 is 1.19 bits per heavy atom. The Labute approximate surface area is 121 Å². The van der Waals surface area contributed by atoms with E-state index >= 15 is 0 Å². The SMILES string of the molecule is CN(Cc1ccccc1)C(=O)c1ccc(OC(=O)O)cn1. The fraction of sp³-hybridized carbons (Fsp3) is 0.133. The van der Waals surface area contributed by atoms with E-state index in [2.05, 4.69) is 9.72 Å². The van der Waals surface area contributed by atoms with Crippen LogP contribution in [0.1, 0.15) is 16.1 Å². The number of benzene rings is 1. The maximum Gasteiger partial charge on any atom is 0.511 e. The molecule has 6 nitrogen and oxygen atoms in total. The summed E-state index contributed by atoms with van der Waals surface area (Å²) in [5.74, 6) is -0.175. The van der Waals surface area contributed by atoms with Gasteiger partial charge in [-0.15, -0.1) is 0 Å². The van der Waals surface area contributed by atoms with Gasteiger partial charge in [0.1, 0.15) is 5.69 Å². The molecule has 1 amide bonds. The number of nitrogens with zero attached hydrogens (tertiary/aromatic N) is 2. The van der Waals surface area contributed by atoms with Crippen molar-refractivity contribution in [2.24, 2.45) is 0 Å². The van der Waals surface area contributed by atoms with Crippen molar-refractivity contribution in [3.8, 4) is 5.75 Å². The highest BCUT2D eigenvalue weighted by atomic mass is 16.7. The average Bonchev–Trinajstić information content (AvgIpc) is 2.47. The Bertz CT molecular complexity index is 626. The molecule has 2 aromatic rings. The van der Waals surface area contributed by atoms with Crippen molar-refractivity contribution in [3.05, 3.63) is 59.9 Å². The molecule has 0 radical (unpaired) electrons. The van der Waals surface area contributed by atoms with Crippen molar-refractivity contribution < 1.29 is 19.4 Å². The molecule has 1 N–H and O–H groups in total. The van der Waals surface area contributed by atoms with Gasteiger partial charge < -0.3 is 14.7 Å². The lowest BCUT2D eigenvalue weighted by molar-refractivity contribution is 0.0779. The van der Waals surface area contributed by atoms with Gasteiger partial charge in [-0.3, -0.25) is 4.79 Å². The maximum absolute atomic E-state index is 12.2. The molecule has 2 rings (SSSR count). The first-order chi connectivity index (χ1) is 10.1. The molecule has 108 valence electrons. The third-order valence-corrected chi connectivity index (χ3v) is 2.77. The van der Waals surface area contributed by atoms with Gasteiger partial charge in [-0.2, -0.15) is 0 Å². The standard InChI is InChI=1S/C15H14N2O4/c1-17(10-11-5-3-2-4-6-11)14(18)13-8-7-12(9-16-13)21-15(19)20/h2-9H,10H2,1H3,(H,19,20). The summed E-state index contributed by atoms with van der Waals surface area (Å²) < 4.78 is 4.43. The van der Waals surface area contributed by atoms with Crippen LogP contribution in [0.25, 0.3) is 0 Å². The van der Waals surface area contributed by atoms with Crippen LogP contribution in [-0.2, 0) is 6.54 Å². The minimum atomic E-state index is -1.42. The first-order valence-electron chi connectivity index (χ1n) is 6.22. The van der Waals surface area contributed by atoms with Gasteiger partial charge >= 0.3 is 6.16 Å². The zero-order valence-corrected chi connectivity index (χ0v) is 11.4. The first kappa shape index (κ1) is 14.5. The lowest BCUT2D eigenvalue weighted by atomic mass is 10.2. The largest absolute Gasteiger partial charge is 0.511 e. The third-order valence-electron chi connectivity index (χ3n) is 2.77. The van der Waals surface area contributed by atoms with Crippen LogP contribution in [0.3, 0.4) is 0 Å². The number of carboxylic acid groups (broad SMARTS) is 1. The van der Waals surface area contributed by atoms with E-state index in [4.69, 9.17) is 5.11 Å². The quantitative estimate of drug-likeness (QED) is 0.873. The summed E-state index contributed by atoms with van der Waals surface area (Å²) in [5.41, 5.74) is 1.24. The molecule has 1 aromatic carbocycles. The number of carbonyl (C=O) groups is 2. The van der Waals surface area contributed by atoms with E-state index in [9.17, 15) is 9.59 Å². The van der Waals surface area contributed by atoms with Crippen molar-refractivity contribution >= 4 is 12.1 Å². The maximum atomic E-state index is 12.2. The number of amides is 1. The second-order valence-corrected chi connectivity index (χ2v) is 4.39. The van der Waals surface area contributed by atoms with E-state index in [1.807, 2.05) is 30.3 Å². The number of hydrogen-bond acceptors (Lipinski definition) is 4.